The molecular weight excluding hydrogens is 288 g/mol. The van der Waals surface area contributed by atoms with Gasteiger partial charge in [0.25, 0.3) is 0 Å². The minimum Gasteiger partial charge on any atom is -0.550 e. The molecule has 0 heterocycles. The van der Waals surface area contributed by atoms with E-state index in [4.69, 9.17) is 4.74 Å². The van der Waals surface area contributed by atoms with Crippen LogP contribution >= 0.6 is 0 Å². The van der Waals surface area contributed by atoms with Crippen molar-refractivity contribution >= 4 is 17.7 Å². The van der Waals surface area contributed by atoms with Gasteiger partial charge in [0.2, 0.25) is 0 Å². The number of fused-ring (bicyclic) bond motifs is 1. The normalized spacial score (nSPS) is 15.4. The Morgan fingerprint density at radius 2 is 1.77 bits per heavy atom. The van der Waals surface area contributed by atoms with Gasteiger partial charge in [-0.1, -0.05) is 0 Å². The first-order chi connectivity index (χ1) is 10.4. The van der Waals surface area contributed by atoms with Crippen LogP contribution in [-0.2, 0) is 16.0 Å². The number of methoxy groups -OCH3 is 1. The first-order valence-corrected chi connectivity index (χ1v) is 6.99. The number of Topliss-reactive ketones (excluding diaryl/α,β-unsaturated/α-hetero) is 1. The van der Waals surface area contributed by atoms with Crippen molar-refractivity contribution in [3.63, 3.8) is 0 Å². The average molecular weight is 304 g/mol. The van der Waals surface area contributed by atoms with Crippen LogP contribution in [0.15, 0.2) is 18.2 Å². The molecule has 0 fully saturated rings. The number of carboxylic acids is 2. The summed E-state index contributed by atoms with van der Waals surface area (Å²) in [7, 11) is 1.51. The fourth-order valence-corrected chi connectivity index (χ4v) is 3.01. The van der Waals surface area contributed by atoms with E-state index in [2.05, 4.69) is 0 Å². The Labute approximate surface area is 127 Å². The molecule has 2 rings (SSSR count). The summed E-state index contributed by atoms with van der Waals surface area (Å²) in [4.78, 5) is 34.2. The predicted molar refractivity (Wildman–Crippen MR) is 71.9 cm³/mol. The van der Waals surface area contributed by atoms with E-state index in [0.717, 1.165) is 5.56 Å². The van der Waals surface area contributed by atoms with Crippen LogP contribution in [0.4, 0.5) is 0 Å². The highest BCUT2D eigenvalue weighted by atomic mass is 16.5. The Bertz CT molecular complexity index is 601. The van der Waals surface area contributed by atoms with Crippen LogP contribution in [0, 0.1) is 5.41 Å². The van der Waals surface area contributed by atoms with E-state index in [9.17, 15) is 24.6 Å². The molecule has 22 heavy (non-hydrogen) atoms. The van der Waals surface area contributed by atoms with Crippen molar-refractivity contribution in [2.45, 2.75) is 32.1 Å². The molecule has 0 atom stereocenters. The summed E-state index contributed by atoms with van der Waals surface area (Å²) in [5.41, 5.74) is 0.230. The highest BCUT2D eigenvalue weighted by Crippen LogP contribution is 2.44. The molecule has 0 aromatic heterocycles. The van der Waals surface area contributed by atoms with Crippen molar-refractivity contribution in [1.29, 1.82) is 0 Å². The Hall–Kier alpha value is -2.37. The lowest BCUT2D eigenvalue weighted by Crippen LogP contribution is -2.34. The van der Waals surface area contributed by atoms with Crippen molar-refractivity contribution in [3.05, 3.63) is 29.3 Å². The predicted octanol–water partition coefficient (Wildman–Crippen LogP) is -0.519. The second-order valence-corrected chi connectivity index (χ2v) is 5.55. The van der Waals surface area contributed by atoms with Crippen LogP contribution in [0.3, 0.4) is 0 Å². The van der Waals surface area contributed by atoms with Gasteiger partial charge in [0, 0.05) is 22.9 Å². The lowest BCUT2D eigenvalue weighted by molar-refractivity contribution is -0.306. The fraction of sp³-hybridized carbons (Fsp3) is 0.438. The monoisotopic (exact) mass is 304 g/mol. The molecule has 0 amide bonds. The molecule has 0 bridgehead atoms. The van der Waals surface area contributed by atoms with Crippen molar-refractivity contribution in [1.82, 2.24) is 0 Å². The molecule has 1 aliphatic rings. The quantitative estimate of drug-likeness (QED) is 0.671. The number of carboxylic acid groups (broad SMARTS) is 2. The maximum atomic E-state index is 12.7. The maximum absolute atomic E-state index is 12.7. The van der Waals surface area contributed by atoms with Gasteiger partial charge in [-0.05, 0) is 55.9 Å². The molecule has 0 saturated heterocycles. The number of ether oxygens (including phenoxy) is 1. The van der Waals surface area contributed by atoms with Crippen LogP contribution in [0.25, 0.3) is 0 Å². The summed E-state index contributed by atoms with van der Waals surface area (Å²) in [5.74, 6) is -2.13. The van der Waals surface area contributed by atoms with E-state index >= 15 is 0 Å². The van der Waals surface area contributed by atoms with Crippen LogP contribution in [-0.4, -0.2) is 24.8 Å². The Morgan fingerprint density at radius 3 is 2.27 bits per heavy atom. The number of carbonyl (C=O) groups is 3. The SMILES string of the molecule is COc1ccc2c(c1)CC(CCC(=O)[O-])(CCC(=O)[O-])C2=O. The number of aliphatic carboxylic acids is 2. The van der Waals surface area contributed by atoms with Gasteiger partial charge in [-0.15, -0.1) is 0 Å². The highest BCUT2D eigenvalue weighted by molar-refractivity contribution is 6.05. The maximum Gasteiger partial charge on any atom is 0.169 e. The number of ketones is 1. The van der Waals surface area contributed by atoms with E-state index in [1.807, 2.05) is 0 Å². The lowest BCUT2D eigenvalue weighted by atomic mass is 9.75. The molecule has 0 N–H and O–H groups in total. The molecular formula is C16H16O6-2. The van der Waals surface area contributed by atoms with Crippen LogP contribution in [0.5, 0.6) is 5.75 Å². The van der Waals surface area contributed by atoms with Crippen molar-refractivity contribution in [2.75, 3.05) is 7.11 Å². The minimum atomic E-state index is -1.26. The van der Waals surface area contributed by atoms with Gasteiger partial charge in [0.1, 0.15) is 5.75 Å². The van der Waals surface area contributed by atoms with Crippen LogP contribution in [0.1, 0.15) is 41.6 Å². The topological polar surface area (TPSA) is 107 Å². The zero-order valence-electron chi connectivity index (χ0n) is 12.2. The molecule has 0 unspecified atom stereocenters. The Morgan fingerprint density at radius 1 is 1.18 bits per heavy atom. The lowest BCUT2D eigenvalue weighted by Gasteiger charge is -2.28. The molecule has 6 heteroatoms. The summed E-state index contributed by atoms with van der Waals surface area (Å²) < 4.78 is 5.12. The van der Waals surface area contributed by atoms with Gasteiger partial charge in [0.05, 0.1) is 7.11 Å². The second-order valence-electron chi connectivity index (χ2n) is 5.55. The molecule has 1 aromatic carbocycles. The van der Waals surface area contributed by atoms with Crippen molar-refractivity contribution < 1.29 is 29.3 Å². The van der Waals surface area contributed by atoms with Gasteiger partial charge < -0.3 is 24.5 Å². The smallest absolute Gasteiger partial charge is 0.169 e. The van der Waals surface area contributed by atoms with E-state index in [-0.39, 0.29) is 31.5 Å². The number of carbonyl (C=O) groups excluding carboxylic acids is 3. The zero-order valence-corrected chi connectivity index (χ0v) is 12.2. The van der Waals surface area contributed by atoms with E-state index in [1.165, 1.54) is 7.11 Å². The summed E-state index contributed by atoms with van der Waals surface area (Å²) >= 11 is 0. The van der Waals surface area contributed by atoms with E-state index in [0.29, 0.717) is 17.7 Å². The van der Waals surface area contributed by atoms with Crippen molar-refractivity contribution in [2.24, 2.45) is 5.41 Å². The number of hydrogen-bond acceptors (Lipinski definition) is 6. The third-order valence-corrected chi connectivity index (χ3v) is 4.18. The first-order valence-electron chi connectivity index (χ1n) is 6.99. The van der Waals surface area contributed by atoms with E-state index < -0.39 is 17.4 Å². The average Bonchev–Trinajstić information content (AvgIpc) is 2.75. The van der Waals surface area contributed by atoms with Crippen molar-refractivity contribution in [3.8, 4) is 5.75 Å². The molecule has 0 radical (unpaired) electrons. The molecule has 1 aliphatic carbocycles. The van der Waals surface area contributed by atoms with Gasteiger partial charge >= 0.3 is 0 Å². The molecule has 0 spiro atoms. The molecule has 0 aliphatic heterocycles. The molecule has 0 saturated carbocycles. The van der Waals surface area contributed by atoms with Crippen LogP contribution in [0.2, 0.25) is 0 Å². The first kappa shape index (κ1) is 16.0. The summed E-state index contributed by atoms with van der Waals surface area (Å²) in [6, 6.07) is 5.02. The largest absolute Gasteiger partial charge is 0.550 e. The van der Waals surface area contributed by atoms with Gasteiger partial charge in [-0.3, -0.25) is 4.79 Å². The number of rotatable bonds is 7. The molecule has 1 aromatic rings. The minimum absolute atomic E-state index is 0.0540. The molecule has 6 nitrogen and oxygen atoms in total. The van der Waals surface area contributed by atoms with Crippen LogP contribution < -0.4 is 14.9 Å². The standard InChI is InChI=1S/C16H18O6/c1-22-11-2-3-12-10(8-11)9-16(15(12)21,6-4-13(17)18)7-5-14(19)20/h2-3,8H,4-7,9H2,1H3,(H,17,18)(H,19,20)/p-2. The van der Waals surface area contributed by atoms with Gasteiger partial charge in [-0.25, -0.2) is 0 Å². The van der Waals surface area contributed by atoms with E-state index in [1.54, 1.807) is 18.2 Å². The summed E-state index contributed by atoms with van der Waals surface area (Å²) in [6.07, 6.45) is -0.163. The third kappa shape index (κ3) is 3.10. The number of benzene rings is 1. The van der Waals surface area contributed by atoms with Gasteiger partial charge in [-0.2, -0.15) is 0 Å². The Balaban J connectivity index is 2.31. The fourth-order valence-electron chi connectivity index (χ4n) is 3.01. The molecule has 118 valence electrons. The zero-order chi connectivity index (χ0) is 16.3. The third-order valence-electron chi connectivity index (χ3n) is 4.18. The highest BCUT2D eigenvalue weighted by Gasteiger charge is 2.44. The van der Waals surface area contributed by atoms with Gasteiger partial charge in [0.15, 0.2) is 5.78 Å². The number of hydrogen-bond donors (Lipinski definition) is 0. The Kier molecular flexibility index (Phi) is 4.49. The second kappa shape index (κ2) is 6.17. The summed E-state index contributed by atoms with van der Waals surface area (Å²) in [6.45, 7) is 0. The summed E-state index contributed by atoms with van der Waals surface area (Å²) in [5, 5.41) is 21.5.